The molecule has 0 unspecified atom stereocenters. The summed E-state index contributed by atoms with van der Waals surface area (Å²) in [5, 5.41) is 20.7. The fourth-order valence-corrected chi connectivity index (χ4v) is 3.70. The van der Waals surface area contributed by atoms with Gasteiger partial charge in [-0.15, -0.1) is 0 Å². The molecule has 0 saturated carbocycles. The molecule has 3 aromatic rings. The molecule has 4 rings (SSSR count). The Labute approximate surface area is 179 Å². The maximum absolute atomic E-state index is 13.3. The molecule has 2 heterocycles. The topological polar surface area (TPSA) is 118 Å². The van der Waals surface area contributed by atoms with Crippen molar-refractivity contribution in [1.29, 1.82) is 0 Å². The molecular formula is C22H25N5O4. The van der Waals surface area contributed by atoms with E-state index in [2.05, 4.69) is 20.7 Å². The van der Waals surface area contributed by atoms with Gasteiger partial charge < -0.3 is 20.5 Å². The molecule has 0 aliphatic heterocycles. The van der Waals surface area contributed by atoms with Gasteiger partial charge in [0.25, 0.3) is 0 Å². The molecule has 162 valence electrons. The zero-order valence-corrected chi connectivity index (χ0v) is 17.7. The number of aromatic nitrogens is 3. The van der Waals surface area contributed by atoms with Crippen molar-refractivity contribution in [3.8, 4) is 11.3 Å². The van der Waals surface area contributed by atoms with Crippen molar-refractivity contribution in [3.63, 3.8) is 0 Å². The first-order valence-corrected chi connectivity index (χ1v) is 10.1. The number of rotatable bonds is 6. The monoisotopic (exact) mass is 423 g/mol. The fraction of sp³-hybridized carbons (Fsp3) is 0.364. The summed E-state index contributed by atoms with van der Waals surface area (Å²) >= 11 is 0. The van der Waals surface area contributed by atoms with Crippen LogP contribution in [-0.4, -0.2) is 57.0 Å². The summed E-state index contributed by atoms with van der Waals surface area (Å²) in [6, 6.07) is 5.40. The van der Waals surface area contributed by atoms with Gasteiger partial charge in [0.05, 0.1) is 24.2 Å². The van der Waals surface area contributed by atoms with Gasteiger partial charge in [0.1, 0.15) is 11.3 Å². The van der Waals surface area contributed by atoms with Crippen molar-refractivity contribution in [2.24, 2.45) is 0 Å². The Morgan fingerprint density at radius 3 is 2.74 bits per heavy atom. The lowest BCUT2D eigenvalue weighted by Crippen LogP contribution is -2.35. The Morgan fingerprint density at radius 1 is 1.19 bits per heavy atom. The van der Waals surface area contributed by atoms with E-state index >= 15 is 0 Å². The minimum Gasteiger partial charge on any atom is -0.444 e. The van der Waals surface area contributed by atoms with Gasteiger partial charge in [-0.25, -0.2) is 4.79 Å². The summed E-state index contributed by atoms with van der Waals surface area (Å²) in [6.07, 6.45) is 2.74. The number of alkyl carbamates (subject to hydrolysis) is 1. The SMILES string of the molecule is CC(C)(C)OC(=O)NCCNc1ccc2c3c(nn2CCO)-c2cnccc2C(=O)c13. The molecule has 9 heteroatoms. The average Bonchev–Trinajstić information content (AvgIpc) is 3.08. The number of nitrogens with one attached hydrogen (secondary N) is 2. The highest BCUT2D eigenvalue weighted by molar-refractivity contribution is 6.27. The highest BCUT2D eigenvalue weighted by Gasteiger charge is 2.31. The number of aliphatic hydroxyl groups is 1. The smallest absolute Gasteiger partial charge is 0.407 e. The van der Waals surface area contributed by atoms with Crippen LogP contribution in [0.4, 0.5) is 10.5 Å². The number of pyridine rings is 1. The fourth-order valence-electron chi connectivity index (χ4n) is 3.70. The van der Waals surface area contributed by atoms with E-state index in [-0.39, 0.29) is 12.4 Å². The van der Waals surface area contributed by atoms with E-state index in [9.17, 15) is 14.7 Å². The van der Waals surface area contributed by atoms with Gasteiger partial charge in [-0.05, 0) is 39.0 Å². The second-order valence-corrected chi connectivity index (χ2v) is 8.28. The third-order valence-electron chi connectivity index (χ3n) is 4.89. The van der Waals surface area contributed by atoms with E-state index in [0.29, 0.717) is 47.7 Å². The van der Waals surface area contributed by atoms with Crippen LogP contribution in [0.2, 0.25) is 0 Å². The van der Waals surface area contributed by atoms with Crippen molar-refractivity contribution < 1.29 is 19.4 Å². The summed E-state index contributed by atoms with van der Waals surface area (Å²) in [7, 11) is 0. The molecule has 0 radical (unpaired) electrons. The summed E-state index contributed by atoms with van der Waals surface area (Å²) < 4.78 is 6.94. The number of hydrogen-bond donors (Lipinski definition) is 3. The van der Waals surface area contributed by atoms with E-state index in [1.165, 1.54) is 0 Å². The van der Waals surface area contributed by atoms with Crippen LogP contribution in [0.1, 0.15) is 36.7 Å². The molecule has 31 heavy (non-hydrogen) atoms. The minimum absolute atomic E-state index is 0.0598. The van der Waals surface area contributed by atoms with E-state index in [0.717, 1.165) is 10.9 Å². The number of amides is 1. The number of fused-ring (bicyclic) bond motifs is 2. The molecule has 9 nitrogen and oxygen atoms in total. The number of carbonyl (C=O) groups is 2. The zero-order chi connectivity index (χ0) is 22.2. The Balaban J connectivity index is 1.63. The number of nitrogens with zero attached hydrogens (tertiary/aromatic N) is 3. The van der Waals surface area contributed by atoms with Crippen LogP contribution >= 0.6 is 0 Å². The minimum atomic E-state index is -0.563. The second-order valence-electron chi connectivity index (χ2n) is 8.28. The number of carbonyl (C=O) groups excluding carboxylic acids is 2. The summed E-state index contributed by atoms with van der Waals surface area (Å²) in [4.78, 5) is 29.3. The number of aliphatic hydroxyl groups excluding tert-OH is 1. The van der Waals surface area contributed by atoms with Crippen molar-refractivity contribution in [3.05, 3.63) is 41.7 Å². The lowest BCUT2D eigenvalue weighted by atomic mass is 9.87. The lowest BCUT2D eigenvalue weighted by Gasteiger charge is -2.20. The number of ketones is 1. The van der Waals surface area contributed by atoms with Gasteiger partial charge in [0.2, 0.25) is 0 Å². The van der Waals surface area contributed by atoms with Crippen LogP contribution in [0.3, 0.4) is 0 Å². The molecule has 1 aromatic carbocycles. The molecule has 1 amide bonds. The first-order valence-electron chi connectivity index (χ1n) is 10.1. The van der Waals surface area contributed by atoms with Gasteiger partial charge >= 0.3 is 6.09 Å². The third-order valence-corrected chi connectivity index (χ3v) is 4.89. The summed E-state index contributed by atoms with van der Waals surface area (Å²) in [6.45, 7) is 6.42. The van der Waals surface area contributed by atoms with Crippen LogP contribution in [-0.2, 0) is 11.3 Å². The zero-order valence-electron chi connectivity index (χ0n) is 17.7. The van der Waals surface area contributed by atoms with Crippen LogP contribution in [0, 0.1) is 0 Å². The van der Waals surface area contributed by atoms with Crippen molar-refractivity contribution in [2.75, 3.05) is 25.0 Å². The van der Waals surface area contributed by atoms with Gasteiger partial charge in [0.15, 0.2) is 5.78 Å². The second kappa shape index (κ2) is 7.99. The average molecular weight is 423 g/mol. The Kier molecular flexibility index (Phi) is 5.36. The van der Waals surface area contributed by atoms with E-state index < -0.39 is 11.7 Å². The number of ether oxygens (including phenoxy) is 1. The number of benzene rings is 1. The van der Waals surface area contributed by atoms with Crippen LogP contribution < -0.4 is 10.6 Å². The molecule has 1 aliphatic carbocycles. The van der Waals surface area contributed by atoms with Crippen LogP contribution in [0.15, 0.2) is 30.6 Å². The lowest BCUT2D eigenvalue weighted by molar-refractivity contribution is 0.0530. The number of anilines is 1. The quantitative estimate of drug-likeness (QED) is 0.408. The van der Waals surface area contributed by atoms with E-state index in [1.54, 1.807) is 43.9 Å². The Hall–Kier alpha value is -3.46. The largest absolute Gasteiger partial charge is 0.444 e. The van der Waals surface area contributed by atoms with Crippen molar-refractivity contribution >= 4 is 28.5 Å². The molecule has 1 aliphatic rings. The molecule has 3 N–H and O–H groups in total. The molecule has 0 fully saturated rings. The predicted octanol–water partition coefficient (Wildman–Crippen LogP) is 2.57. The Morgan fingerprint density at radius 2 is 2.00 bits per heavy atom. The normalized spacial score (nSPS) is 12.6. The summed E-state index contributed by atoms with van der Waals surface area (Å²) in [5.41, 5.74) is 3.32. The van der Waals surface area contributed by atoms with Gasteiger partial charge in [-0.1, -0.05) is 0 Å². The molecule has 0 saturated heterocycles. The van der Waals surface area contributed by atoms with E-state index in [4.69, 9.17) is 4.74 Å². The first-order chi connectivity index (χ1) is 14.8. The molecule has 0 atom stereocenters. The van der Waals surface area contributed by atoms with Crippen LogP contribution in [0.5, 0.6) is 0 Å². The van der Waals surface area contributed by atoms with Crippen molar-refractivity contribution in [2.45, 2.75) is 32.9 Å². The highest BCUT2D eigenvalue weighted by Crippen LogP contribution is 2.41. The standard InChI is InChI=1S/C22H25N5O4/c1-22(2,3)31-21(30)25-9-8-24-15-4-5-16-18-17(15)20(29)13-6-7-23-12-14(13)19(18)26-27(16)10-11-28/h4-7,12,24,28H,8-11H2,1-3H3,(H,25,30). The Bertz CT molecular complexity index is 1160. The highest BCUT2D eigenvalue weighted by atomic mass is 16.6. The molecular weight excluding hydrogens is 398 g/mol. The number of hydrogen-bond acceptors (Lipinski definition) is 7. The third kappa shape index (κ3) is 3.96. The van der Waals surface area contributed by atoms with Crippen LogP contribution in [0.25, 0.3) is 22.2 Å². The van der Waals surface area contributed by atoms with Crippen molar-refractivity contribution in [1.82, 2.24) is 20.1 Å². The van der Waals surface area contributed by atoms with Gasteiger partial charge in [-0.2, -0.15) is 5.10 Å². The molecule has 0 bridgehead atoms. The maximum atomic E-state index is 13.3. The molecule has 2 aromatic heterocycles. The first kappa shape index (κ1) is 20.8. The molecule has 0 spiro atoms. The maximum Gasteiger partial charge on any atom is 0.407 e. The van der Waals surface area contributed by atoms with Gasteiger partial charge in [0, 0.05) is 47.7 Å². The predicted molar refractivity (Wildman–Crippen MR) is 116 cm³/mol. The van der Waals surface area contributed by atoms with Gasteiger partial charge in [-0.3, -0.25) is 14.5 Å². The van der Waals surface area contributed by atoms with E-state index in [1.807, 2.05) is 12.1 Å². The summed E-state index contributed by atoms with van der Waals surface area (Å²) in [5.74, 6) is -0.110.